The third-order valence-corrected chi connectivity index (χ3v) is 0.954. The minimum absolute atomic E-state index is 0.417. The molecule has 1 rings (SSSR count). The second-order valence-corrected chi connectivity index (χ2v) is 2.04. The summed E-state index contributed by atoms with van der Waals surface area (Å²) in [6, 6.07) is 0. The molecule has 0 aromatic carbocycles. The Bertz CT molecular complexity index is 58.8. The van der Waals surface area contributed by atoms with Crippen molar-refractivity contribution in [3.05, 3.63) is 0 Å². The molecule has 1 heteroatoms. The number of rotatable bonds is 1. The highest BCUT2D eigenvalue weighted by atomic mass is 16.1. The maximum Gasteiger partial charge on any atom is 0.133 e. The first kappa shape index (κ1) is 7.67. The Hall–Kier alpha value is -0.330. The molecule has 0 bridgehead atoms. The molecule has 0 aliphatic heterocycles. The van der Waals surface area contributed by atoms with Gasteiger partial charge in [0.2, 0.25) is 0 Å². The standard InChI is InChI=1S/C4H10.C3H4O/c1-3-4-2;4-3-1-2-3/h3-4H2,1-2H3;1-2H2. The number of unbranched alkanes of at least 4 members (excludes halogenated alkanes) is 1. The summed E-state index contributed by atoms with van der Waals surface area (Å²) < 4.78 is 0. The normalized spacial score (nSPS) is 14.5. The van der Waals surface area contributed by atoms with Crippen molar-refractivity contribution in [2.75, 3.05) is 0 Å². The van der Waals surface area contributed by atoms with E-state index in [0.29, 0.717) is 5.78 Å². The summed E-state index contributed by atoms with van der Waals surface area (Å²) in [7, 11) is 0. The summed E-state index contributed by atoms with van der Waals surface area (Å²) in [6.07, 6.45) is 4.33. The van der Waals surface area contributed by atoms with Crippen LogP contribution in [0, 0.1) is 0 Å². The number of ketones is 1. The minimum Gasteiger partial charge on any atom is -0.300 e. The molecule has 0 unspecified atom stereocenters. The Labute approximate surface area is 51.1 Å². The van der Waals surface area contributed by atoms with E-state index >= 15 is 0 Å². The van der Waals surface area contributed by atoms with E-state index in [1.165, 1.54) is 12.8 Å². The van der Waals surface area contributed by atoms with Crippen LogP contribution in [0.25, 0.3) is 0 Å². The van der Waals surface area contributed by atoms with Gasteiger partial charge in [-0.25, -0.2) is 0 Å². The van der Waals surface area contributed by atoms with Gasteiger partial charge in [-0.3, -0.25) is 4.79 Å². The summed E-state index contributed by atoms with van der Waals surface area (Å²) in [4.78, 5) is 9.56. The Morgan fingerprint density at radius 2 is 1.50 bits per heavy atom. The zero-order chi connectivity index (χ0) is 6.41. The minimum atomic E-state index is 0.417. The van der Waals surface area contributed by atoms with Crippen LogP contribution in [0.4, 0.5) is 0 Å². The summed E-state index contributed by atoms with van der Waals surface area (Å²) in [6.45, 7) is 4.36. The quantitative estimate of drug-likeness (QED) is 0.510. The Morgan fingerprint density at radius 3 is 1.50 bits per heavy atom. The maximum atomic E-state index is 9.56. The van der Waals surface area contributed by atoms with Gasteiger partial charge in [0.1, 0.15) is 5.78 Å². The molecule has 1 nitrogen and oxygen atoms in total. The van der Waals surface area contributed by atoms with Crippen molar-refractivity contribution in [3.8, 4) is 0 Å². The van der Waals surface area contributed by atoms with E-state index in [0.717, 1.165) is 12.8 Å². The summed E-state index contributed by atoms with van der Waals surface area (Å²) in [5.74, 6) is 0.417. The molecule has 0 aromatic rings. The fraction of sp³-hybridized carbons (Fsp3) is 0.857. The number of Topliss-reactive ketones (excluding diaryl/α,β-unsaturated/α-hetero) is 1. The van der Waals surface area contributed by atoms with Crippen molar-refractivity contribution in [2.24, 2.45) is 0 Å². The topological polar surface area (TPSA) is 17.1 Å². The first-order valence-corrected chi connectivity index (χ1v) is 3.33. The number of carbonyl (C=O) groups excluding carboxylic acids is 1. The van der Waals surface area contributed by atoms with E-state index in [1.807, 2.05) is 0 Å². The van der Waals surface area contributed by atoms with Crippen molar-refractivity contribution < 1.29 is 4.79 Å². The molecule has 8 heavy (non-hydrogen) atoms. The van der Waals surface area contributed by atoms with Crippen molar-refractivity contribution in [2.45, 2.75) is 39.5 Å². The van der Waals surface area contributed by atoms with Gasteiger partial charge in [-0.1, -0.05) is 26.7 Å². The largest absolute Gasteiger partial charge is 0.300 e. The van der Waals surface area contributed by atoms with Gasteiger partial charge in [0.25, 0.3) is 0 Å². The van der Waals surface area contributed by atoms with Gasteiger partial charge < -0.3 is 0 Å². The van der Waals surface area contributed by atoms with E-state index in [-0.39, 0.29) is 0 Å². The Balaban J connectivity index is 0.000000122. The van der Waals surface area contributed by atoms with Crippen LogP contribution in [-0.4, -0.2) is 5.78 Å². The first-order valence-electron chi connectivity index (χ1n) is 3.33. The van der Waals surface area contributed by atoms with Gasteiger partial charge in [0.05, 0.1) is 0 Å². The second kappa shape index (κ2) is 4.82. The lowest BCUT2D eigenvalue weighted by atomic mass is 10.4. The van der Waals surface area contributed by atoms with Crippen molar-refractivity contribution >= 4 is 5.78 Å². The molecule has 1 aliphatic carbocycles. The van der Waals surface area contributed by atoms with Crippen LogP contribution in [0.1, 0.15) is 39.5 Å². The highest BCUT2D eigenvalue weighted by molar-refractivity contribution is 5.92. The molecule has 0 amide bonds. The summed E-state index contributed by atoms with van der Waals surface area (Å²) in [5, 5.41) is 0. The fourth-order valence-corrected chi connectivity index (χ4v) is 0.0510. The predicted octanol–water partition coefficient (Wildman–Crippen LogP) is 2.16. The van der Waals surface area contributed by atoms with E-state index in [1.54, 1.807) is 0 Å². The molecule has 48 valence electrons. The third-order valence-electron chi connectivity index (χ3n) is 0.954. The SMILES string of the molecule is CCCC.O=C1CC1. The number of hydrogen-bond acceptors (Lipinski definition) is 1. The van der Waals surface area contributed by atoms with Crippen LogP contribution in [0.5, 0.6) is 0 Å². The molecular formula is C7H14O. The van der Waals surface area contributed by atoms with E-state index < -0.39 is 0 Å². The van der Waals surface area contributed by atoms with Crippen LogP contribution in [0.15, 0.2) is 0 Å². The highest BCUT2D eigenvalue weighted by Crippen LogP contribution is 2.08. The van der Waals surface area contributed by atoms with Gasteiger partial charge in [0, 0.05) is 12.8 Å². The summed E-state index contributed by atoms with van der Waals surface area (Å²) >= 11 is 0. The van der Waals surface area contributed by atoms with Crippen molar-refractivity contribution in [3.63, 3.8) is 0 Å². The van der Waals surface area contributed by atoms with Crippen LogP contribution in [-0.2, 0) is 4.79 Å². The maximum absolute atomic E-state index is 9.56. The van der Waals surface area contributed by atoms with Gasteiger partial charge in [-0.15, -0.1) is 0 Å². The van der Waals surface area contributed by atoms with Gasteiger partial charge in [-0.05, 0) is 0 Å². The number of carbonyl (C=O) groups is 1. The molecule has 0 saturated heterocycles. The average Bonchev–Trinajstić information content (AvgIpc) is 2.52. The lowest BCUT2D eigenvalue weighted by Crippen LogP contribution is -1.47. The first-order chi connectivity index (χ1) is 3.81. The monoisotopic (exact) mass is 114 g/mol. The number of hydrogen-bond donors (Lipinski definition) is 0. The zero-order valence-corrected chi connectivity index (χ0v) is 5.74. The van der Waals surface area contributed by atoms with E-state index in [9.17, 15) is 4.79 Å². The molecule has 1 saturated carbocycles. The molecular weight excluding hydrogens is 100 g/mol. The summed E-state index contributed by atoms with van der Waals surface area (Å²) in [5.41, 5.74) is 0. The molecule has 0 N–H and O–H groups in total. The predicted molar refractivity (Wildman–Crippen MR) is 34.8 cm³/mol. The Kier molecular flexibility index (Phi) is 4.62. The molecule has 0 aromatic heterocycles. The van der Waals surface area contributed by atoms with Crippen molar-refractivity contribution in [1.29, 1.82) is 0 Å². The third kappa shape index (κ3) is 9.18. The van der Waals surface area contributed by atoms with Crippen LogP contribution in [0.2, 0.25) is 0 Å². The molecule has 1 aliphatic rings. The van der Waals surface area contributed by atoms with Gasteiger partial charge in [-0.2, -0.15) is 0 Å². The van der Waals surface area contributed by atoms with Crippen LogP contribution < -0.4 is 0 Å². The molecule has 0 atom stereocenters. The Morgan fingerprint density at radius 1 is 1.25 bits per heavy atom. The molecule has 0 radical (unpaired) electrons. The molecule has 0 spiro atoms. The molecule has 0 heterocycles. The zero-order valence-electron chi connectivity index (χ0n) is 5.74. The van der Waals surface area contributed by atoms with Crippen LogP contribution >= 0.6 is 0 Å². The van der Waals surface area contributed by atoms with Crippen LogP contribution in [0.3, 0.4) is 0 Å². The van der Waals surface area contributed by atoms with E-state index in [2.05, 4.69) is 13.8 Å². The average molecular weight is 114 g/mol. The van der Waals surface area contributed by atoms with Crippen molar-refractivity contribution in [1.82, 2.24) is 0 Å². The van der Waals surface area contributed by atoms with Gasteiger partial charge in [0.15, 0.2) is 0 Å². The fourth-order valence-electron chi connectivity index (χ4n) is 0.0510. The lowest BCUT2D eigenvalue weighted by Gasteiger charge is -1.68. The molecule has 1 fully saturated rings. The van der Waals surface area contributed by atoms with Gasteiger partial charge >= 0.3 is 0 Å². The highest BCUT2D eigenvalue weighted by Gasteiger charge is 2.13. The second-order valence-electron chi connectivity index (χ2n) is 2.04. The van der Waals surface area contributed by atoms with E-state index in [4.69, 9.17) is 0 Å². The lowest BCUT2D eigenvalue weighted by molar-refractivity contribution is -0.109. The smallest absolute Gasteiger partial charge is 0.133 e.